The summed E-state index contributed by atoms with van der Waals surface area (Å²) in [5, 5.41) is 4.65. The molecule has 2 N–H and O–H groups in total. The van der Waals surface area contributed by atoms with Crippen LogP contribution < -0.4 is 5.32 Å². The number of amides is 1. The third-order valence-corrected chi connectivity index (χ3v) is 4.37. The number of aromatic nitrogens is 1. The molecule has 3 rings (SSSR count). The normalized spacial score (nSPS) is 10.9. The number of carbonyl (C=O) groups is 1. The average molecular weight is 313 g/mol. The van der Waals surface area contributed by atoms with Crippen molar-refractivity contribution in [2.45, 2.75) is 20.8 Å². The van der Waals surface area contributed by atoms with Crippen molar-refractivity contribution in [1.82, 2.24) is 4.98 Å². The molecule has 22 heavy (non-hydrogen) atoms. The number of nitrogens with one attached hydrogen (secondary N) is 2. The molecule has 0 radical (unpaired) electrons. The Labute approximate surface area is 134 Å². The van der Waals surface area contributed by atoms with E-state index in [1.807, 2.05) is 51.1 Å². The maximum atomic E-state index is 12.6. The molecule has 0 aliphatic carbocycles. The second-order valence-electron chi connectivity index (χ2n) is 5.54. The van der Waals surface area contributed by atoms with Gasteiger partial charge in [0.15, 0.2) is 0 Å². The summed E-state index contributed by atoms with van der Waals surface area (Å²) in [5.41, 5.74) is 5.27. The van der Waals surface area contributed by atoms with Crippen molar-refractivity contribution in [1.29, 1.82) is 0 Å². The third kappa shape index (κ3) is 2.48. The minimum Gasteiger partial charge on any atom is -0.350 e. The van der Waals surface area contributed by atoms with Gasteiger partial charge >= 0.3 is 0 Å². The van der Waals surface area contributed by atoms with Crippen LogP contribution in [-0.2, 0) is 0 Å². The molecule has 112 valence electrons. The van der Waals surface area contributed by atoms with E-state index in [0.29, 0.717) is 10.7 Å². The van der Waals surface area contributed by atoms with Crippen LogP contribution in [0.5, 0.6) is 0 Å². The number of H-pyrrole nitrogens is 1. The number of halogens is 1. The molecule has 0 aliphatic heterocycles. The first-order chi connectivity index (χ1) is 10.5. The first kappa shape index (κ1) is 14.7. The first-order valence-electron chi connectivity index (χ1n) is 7.13. The van der Waals surface area contributed by atoms with Crippen LogP contribution in [0.25, 0.3) is 10.9 Å². The van der Waals surface area contributed by atoms with Crippen molar-refractivity contribution in [3.05, 3.63) is 63.8 Å². The summed E-state index contributed by atoms with van der Waals surface area (Å²) in [5.74, 6) is -0.156. The third-order valence-electron chi connectivity index (χ3n) is 3.96. The monoisotopic (exact) mass is 312 g/mol. The number of rotatable bonds is 2. The fraction of sp³-hybridized carbons (Fsp3) is 0.167. The lowest BCUT2D eigenvalue weighted by Crippen LogP contribution is -2.14. The summed E-state index contributed by atoms with van der Waals surface area (Å²) >= 11 is 6.10. The molecule has 4 heteroatoms. The summed E-state index contributed by atoms with van der Waals surface area (Å²) in [7, 11) is 0. The lowest BCUT2D eigenvalue weighted by molar-refractivity contribution is 0.102. The number of hydrogen-bond acceptors (Lipinski definition) is 1. The highest BCUT2D eigenvalue weighted by Gasteiger charge is 2.16. The van der Waals surface area contributed by atoms with E-state index in [0.717, 1.165) is 27.7 Å². The standard InChI is InChI=1S/C18H17ClN2O/c1-10-7-8-16-13(9-10)11(2)17(20-16)18(22)21-15-6-4-5-14(19)12(15)3/h4-9,20H,1-3H3,(H,21,22). The number of aryl methyl sites for hydroxylation is 2. The van der Waals surface area contributed by atoms with Gasteiger partial charge in [-0.2, -0.15) is 0 Å². The quantitative estimate of drug-likeness (QED) is 0.687. The molecule has 3 nitrogen and oxygen atoms in total. The predicted molar refractivity (Wildman–Crippen MR) is 91.9 cm³/mol. The van der Waals surface area contributed by atoms with E-state index in [4.69, 9.17) is 11.6 Å². The highest BCUT2D eigenvalue weighted by atomic mass is 35.5. The Kier molecular flexibility index (Phi) is 3.67. The van der Waals surface area contributed by atoms with E-state index >= 15 is 0 Å². The maximum Gasteiger partial charge on any atom is 0.272 e. The van der Waals surface area contributed by atoms with Gasteiger partial charge in [-0.1, -0.05) is 29.3 Å². The van der Waals surface area contributed by atoms with E-state index in [1.165, 1.54) is 5.56 Å². The molecule has 0 saturated carbocycles. The van der Waals surface area contributed by atoms with Crippen molar-refractivity contribution < 1.29 is 4.79 Å². The summed E-state index contributed by atoms with van der Waals surface area (Å²) in [4.78, 5) is 15.8. The summed E-state index contributed by atoms with van der Waals surface area (Å²) in [6.45, 7) is 5.89. The number of anilines is 1. The van der Waals surface area contributed by atoms with Crippen LogP contribution in [-0.4, -0.2) is 10.9 Å². The van der Waals surface area contributed by atoms with Crippen LogP contribution in [0.4, 0.5) is 5.69 Å². The van der Waals surface area contributed by atoms with Crippen molar-refractivity contribution in [3.8, 4) is 0 Å². The fourth-order valence-electron chi connectivity index (χ4n) is 2.60. The second-order valence-corrected chi connectivity index (χ2v) is 5.95. The average Bonchev–Trinajstić information content (AvgIpc) is 2.81. The van der Waals surface area contributed by atoms with Gasteiger partial charge in [0.05, 0.1) is 0 Å². The van der Waals surface area contributed by atoms with Crippen LogP contribution in [0, 0.1) is 20.8 Å². The zero-order chi connectivity index (χ0) is 15.9. The van der Waals surface area contributed by atoms with E-state index in [-0.39, 0.29) is 5.91 Å². The van der Waals surface area contributed by atoms with Crippen molar-refractivity contribution in [2.24, 2.45) is 0 Å². The van der Waals surface area contributed by atoms with Gasteiger partial charge in [0.2, 0.25) is 0 Å². The molecule has 0 fully saturated rings. The van der Waals surface area contributed by atoms with Crippen molar-refractivity contribution in [2.75, 3.05) is 5.32 Å². The highest BCUT2D eigenvalue weighted by Crippen LogP contribution is 2.26. The molecule has 1 aromatic heterocycles. The van der Waals surface area contributed by atoms with Gasteiger partial charge in [-0.25, -0.2) is 0 Å². The fourth-order valence-corrected chi connectivity index (χ4v) is 2.77. The molecular weight excluding hydrogens is 296 g/mol. The molecule has 0 aliphatic rings. The molecule has 0 unspecified atom stereocenters. The predicted octanol–water partition coefficient (Wildman–Crippen LogP) is 5.00. The van der Waals surface area contributed by atoms with E-state index in [9.17, 15) is 4.79 Å². The minimum atomic E-state index is -0.156. The maximum absolute atomic E-state index is 12.6. The van der Waals surface area contributed by atoms with Gasteiger partial charge in [0.25, 0.3) is 5.91 Å². The van der Waals surface area contributed by atoms with E-state index in [1.54, 1.807) is 0 Å². The number of aromatic amines is 1. The molecule has 0 atom stereocenters. The Morgan fingerprint density at radius 1 is 1.09 bits per heavy atom. The Hall–Kier alpha value is -2.26. The van der Waals surface area contributed by atoms with Gasteiger partial charge in [-0.15, -0.1) is 0 Å². The second kappa shape index (κ2) is 5.50. The molecule has 0 spiro atoms. The van der Waals surface area contributed by atoms with Gasteiger partial charge in [-0.05, 0) is 56.2 Å². The molecular formula is C18H17ClN2O. The zero-order valence-electron chi connectivity index (χ0n) is 12.8. The van der Waals surface area contributed by atoms with Crippen LogP contribution in [0.15, 0.2) is 36.4 Å². The van der Waals surface area contributed by atoms with E-state index < -0.39 is 0 Å². The minimum absolute atomic E-state index is 0.156. The SMILES string of the molecule is Cc1ccc2[nH]c(C(=O)Nc3cccc(Cl)c3C)c(C)c2c1. The van der Waals surface area contributed by atoms with Gasteiger partial charge in [-0.3, -0.25) is 4.79 Å². The topological polar surface area (TPSA) is 44.9 Å². The zero-order valence-corrected chi connectivity index (χ0v) is 13.5. The molecule has 1 heterocycles. The summed E-state index contributed by atoms with van der Waals surface area (Å²) in [6.07, 6.45) is 0. The Bertz CT molecular complexity index is 880. The van der Waals surface area contributed by atoms with Gasteiger partial charge in [0, 0.05) is 21.6 Å². The Morgan fingerprint density at radius 3 is 2.64 bits per heavy atom. The van der Waals surface area contributed by atoms with Crippen LogP contribution in [0.1, 0.15) is 27.2 Å². The summed E-state index contributed by atoms with van der Waals surface area (Å²) < 4.78 is 0. The smallest absolute Gasteiger partial charge is 0.272 e. The van der Waals surface area contributed by atoms with E-state index in [2.05, 4.69) is 16.4 Å². The molecule has 0 saturated heterocycles. The Balaban J connectivity index is 1.99. The molecule has 1 amide bonds. The molecule has 0 bridgehead atoms. The number of benzene rings is 2. The molecule has 2 aromatic carbocycles. The van der Waals surface area contributed by atoms with Crippen molar-refractivity contribution in [3.63, 3.8) is 0 Å². The van der Waals surface area contributed by atoms with Gasteiger partial charge < -0.3 is 10.3 Å². The number of hydrogen-bond donors (Lipinski definition) is 2. The number of fused-ring (bicyclic) bond motifs is 1. The largest absolute Gasteiger partial charge is 0.350 e. The van der Waals surface area contributed by atoms with Crippen LogP contribution in [0.2, 0.25) is 5.02 Å². The van der Waals surface area contributed by atoms with Crippen LogP contribution >= 0.6 is 11.6 Å². The molecule has 3 aromatic rings. The summed E-state index contributed by atoms with van der Waals surface area (Å²) in [6, 6.07) is 11.6. The Morgan fingerprint density at radius 2 is 1.86 bits per heavy atom. The lowest BCUT2D eigenvalue weighted by atomic mass is 10.1. The lowest BCUT2D eigenvalue weighted by Gasteiger charge is -2.09. The highest BCUT2D eigenvalue weighted by molar-refractivity contribution is 6.31. The van der Waals surface area contributed by atoms with Crippen molar-refractivity contribution >= 4 is 34.1 Å². The van der Waals surface area contributed by atoms with Crippen LogP contribution in [0.3, 0.4) is 0 Å². The number of carbonyl (C=O) groups excluding carboxylic acids is 1. The van der Waals surface area contributed by atoms with Gasteiger partial charge in [0.1, 0.15) is 5.69 Å². The first-order valence-corrected chi connectivity index (χ1v) is 7.50.